The Bertz CT molecular complexity index is 663. The number of carbonyl (C=O) groups is 1. The average Bonchev–Trinajstić information content (AvgIpc) is 3.06. The van der Waals surface area contributed by atoms with Crippen LogP contribution >= 0.6 is 0 Å². The summed E-state index contributed by atoms with van der Waals surface area (Å²) in [5.41, 5.74) is -0.390. The van der Waals surface area contributed by atoms with Crippen LogP contribution in [0, 0.1) is 11.6 Å². The predicted molar refractivity (Wildman–Crippen MR) is 85.4 cm³/mol. The number of anilines is 1. The molecule has 0 spiro atoms. The van der Waals surface area contributed by atoms with E-state index in [4.69, 9.17) is 4.42 Å². The zero-order chi connectivity index (χ0) is 16.9. The van der Waals surface area contributed by atoms with Gasteiger partial charge in [0.1, 0.15) is 23.1 Å². The molecule has 3 rings (SSSR count). The van der Waals surface area contributed by atoms with Crippen LogP contribution < -0.4 is 5.32 Å². The second kappa shape index (κ2) is 7.55. The summed E-state index contributed by atoms with van der Waals surface area (Å²) in [5, 5.41) is 2.31. The van der Waals surface area contributed by atoms with Crippen LogP contribution in [0.5, 0.6) is 0 Å². The molecule has 2 heterocycles. The summed E-state index contributed by atoms with van der Waals surface area (Å²) < 4.78 is 32.4. The summed E-state index contributed by atoms with van der Waals surface area (Å²) >= 11 is 0. The van der Waals surface area contributed by atoms with Gasteiger partial charge in [-0.25, -0.2) is 8.78 Å². The molecule has 0 aliphatic carbocycles. The largest absolute Gasteiger partial charge is 0.468 e. The van der Waals surface area contributed by atoms with Gasteiger partial charge in [0.15, 0.2) is 0 Å². The van der Waals surface area contributed by atoms with E-state index in [1.54, 1.807) is 6.26 Å². The third-order valence-electron chi connectivity index (χ3n) is 4.02. The number of nitrogens with zero attached hydrogens (tertiary/aromatic N) is 2. The highest BCUT2D eigenvalue weighted by molar-refractivity contribution is 5.92. The Morgan fingerprint density at radius 3 is 2.33 bits per heavy atom. The molecule has 128 valence electrons. The Kier molecular flexibility index (Phi) is 5.22. The summed E-state index contributed by atoms with van der Waals surface area (Å²) in [4.78, 5) is 16.2. The lowest BCUT2D eigenvalue weighted by Gasteiger charge is -2.33. The van der Waals surface area contributed by atoms with Crippen LogP contribution in [0.3, 0.4) is 0 Å². The van der Waals surface area contributed by atoms with Gasteiger partial charge < -0.3 is 9.73 Å². The Labute approximate surface area is 138 Å². The molecular formula is C17H19F2N3O2. The van der Waals surface area contributed by atoms with Crippen molar-refractivity contribution in [1.82, 2.24) is 9.80 Å². The second-order valence-electron chi connectivity index (χ2n) is 5.78. The van der Waals surface area contributed by atoms with Crippen LogP contribution in [0.4, 0.5) is 14.5 Å². The van der Waals surface area contributed by atoms with Gasteiger partial charge in [0.05, 0.1) is 19.4 Å². The molecule has 1 aromatic carbocycles. The highest BCUT2D eigenvalue weighted by Crippen LogP contribution is 2.18. The van der Waals surface area contributed by atoms with Crippen LogP contribution in [-0.2, 0) is 11.3 Å². The van der Waals surface area contributed by atoms with E-state index in [9.17, 15) is 13.6 Å². The van der Waals surface area contributed by atoms with Crippen molar-refractivity contribution in [2.45, 2.75) is 6.54 Å². The Morgan fingerprint density at radius 2 is 1.71 bits per heavy atom. The fraction of sp³-hybridized carbons (Fsp3) is 0.353. The highest BCUT2D eigenvalue weighted by atomic mass is 19.1. The van der Waals surface area contributed by atoms with E-state index in [-0.39, 0.29) is 12.2 Å². The van der Waals surface area contributed by atoms with Crippen LogP contribution in [0.25, 0.3) is 0 Å². The average molecular weight is 335 g/mol. The van der Waals surface area contributed by atoms with Crippen LogP contribution in [0.15, 0.2) is 41.0 Å². The third kappa shape index (κ3) is 4.18. The molecule has 0 radical (unpaired) electrons. The fourth-order valence-corrected chi connectivity index (χ4v) is 2.73. The van der Waals surface area contributed by atoms with Crippen molar-refractivity contribution >= 4 is 11.6 Å². The molecule has 1 aliphatic rings. The monoisotopic (exact) mass is 335 g/mol. The van der Waals surface area contributed by atoms with Crippen molar-refractivity contribution in [3.63, 3.8) is 0 Å². The first-order chi connectivity index (χ1) is 11.6. The lowest BCUT2D eigenvalue weighted by Crippen LogP contribution is -2.48. The van der Waals surface area contributed by atoms with Crippen molar-refractivity contribution in [3.8, 4) is 0 Å². The van der Waals surface area contributed by atoms with E-state index in [0.717, 1.165) is 37.5 Å². The zero-order valence-electron chi connectivity index (χ0n) is 13.2. The summed E-state index contributed by atoms with van der Waals surface area (Å²) in [6, 6.07) is 7.29. The quantitative estimate of drug-likeness (QED) is 0.911. The summed E-state index contributed by atoms with van der Waals surface area (Å²) in [6.45, 7) is 3.90. The van der Waals surface area contributed by atoms with Gasteiger partial charge >= 0.3 is 0 Å². The standard InChI is InChI=1S/C17H19F2N3O2/c18-14-4-1-5-15(19)17(14)20-16(23)12-22-8-6-21(7-9-22)11-13-3-2-10-24-13/h1-5,10H,6-9,11-12H2,(H,20,23). The fourth-order valence-electron chi connectivity index (χ4n) is 2.73. The number of nitrogens with one attached hydrogen (secondary N) is 1. The predicted octanol–water partition coefficient (Wildman–Crippen LogP) is 2.31. The molecule has 0 atom stereocenters. The molecule has 1 fully saturated rings. The lowest BCUT2D eigenvalue weighted by molar-refractivity contribution is -0.117. The first-order valence-corrected chi connectivity index (χ1v) is 7.83. The minimum absolute atomic E-state index is 0.113. The minimum atomic E-state index is -0.772. The van der Waals surface area contributed by atoms with E-state index in [1.807, 2.05) is 17.0 Å². The maximum atomic E-state index is 13.5. The van der Waals surface area contributed by atoms with Gasteiger partial charge in [-0.1, -0.05) is 6.07 Å². The lowest BCUT2D eigenvalue weighted by atomic mass is 10.2. The number of hydrogen-bond donors (Lipinski definition) is 1. The number of benzene rings is 1. The van der Waals surface area contributed by atoms with E-state index < -0.39 is 17.5 Å². The Balaban J connectivity index is 1.46. The number of rotatable bonds is 5. The SMILES string of the molecule is O=C(CN1CCN(Cc2ccco2)CC1)Nc1c(F)cccc1F. The summed E-state index contributed by atoms with van der Waals surface area (Å²) in [5.74, 6) is -1.05. The van der Waals surface area contributed by atoms with E-state index in [0.29, 0.717) is 13.1 Å². The Hall–Kier alpha value is -2.25. The maximum absolute atomic E-state index is 13.5. The first-order valence-electron chi connectivity index (χ1n) is 7.83. The van der Waals surface area contributed by atoms with Gasteiger partial charge in [-0.3, -0.25) is 14.6 Å². The molecule has 0 saturated carbocycles. The molecule has 1 amide bonds. The number of piperazine rings is 1. The zero-order valence-corrected chi connectivity index (χ0v) is 13.2. The van der Waals surface area contributed by atoms with Gasteiger partial charge in [-0.15, -0.1) is 0 Å². The molecule has 0 bridgehead atoms. The van der Waals surface area contributed by atoms with Gasteiger partial charge in [-0.2, -0.15) is 0 Å². The number of furan rings is 1. The molecule has 7 heteroatoms. The first kappa shape index (κ1) is 16.6. The molecule has 24 heavy (non-hydrogen) atoms. The maximum Gasteiger partial charge on any atom is 0.238 e. The molecule has 2 aromatic rings. The van der Waals surface area contributed by atoms with Crippen LogP contribution in [0.1, 0.15) is 5.76 Å². The minimum Gasteiger partial charge on any atom is -0.468 e. The van der Waals surface area contributed by atoms with Crippen molar-refractivity contribution < 1.29 is 18.0 Å². The third-order valence-corrected chi connectivity index (χ3v) is 4.02. The van der Waals surface area contributed by atoms with Crippen molar-refractivity contribution in [2.75, 3.05) is 38.0 Å². The number of amides is 1. The van der Waals surface area contributed by atoms with E-state index in [1.165, 1.54) is 6.07 Å². The number of halogens is 2. The normalized spacial score (nSPS) is 16.2. The highest BCUT2D eigenvalue weighted by Gasteiger charge is 2.20. The molecule has 5 nitrogen and oxygen atoms in total. The molecule has 1 aliphatic heterocycles. The number of carbonyl (C=O) groups excluding carboxylic acids is 1. The second-order valence-corrected chi connectivity index (χ2v) is 5.78. The van der Waals surface area contributed by atoms with Gasteiger partial charge in [0, 0.05) is 26.2 Å². The van der Waals surface area contributed by atoms with Crippen LogP contribution in [-0.4, -0.2) is 48.4 Å². The van der Waals surface area contributed by atoms with Crippen LogP contribution in [0.2, 0.25) is 0 Å². The molecule has 1 N–H and O–H groups in total. The topological polar surface area (TPSA) is 48.7 Å². The van der Waals surface area contributed by atoms with Gasteiger partial charge in [-0.05, 0) is 24.3 Å². The number of hydrogen-bond acceptors (Lipinski definition) is 4. The van der Waals surface area contributed by atoms with Crippen molar-refractivity contribution in [1.29, 1.82) is 0 Å². The smallest absolute Gasteiger partial charge is 0.238 e. The molecule has 0 unspecified atom stereocenters. The molecule has 1 aromatic heterocycles. The summed E-state index contributed by atoms with van der Waals surface area (Å²) in [7, 11) is 0. The van der Waals surface area contributed by atoms with Crippen molar-refractivity contribution in [3.05, 3.63) is 54.0 Å². The van der Waals surface area contributed by atoms with Crippen molar-refractivity contribution in [2.24, 2.45) is 0 Å². The van der Waals surface area contributed by atoms with Gasteiger partial charge in [0.2, 0.25) is 5.91 Å². The molecule has 1 saturated heterocycles. The van der Waals surface area contributed by atoms with E-state index >= 15 is 0 Å². The van der Waals surface area contributed by atoms with Gasteiger partial charge in [0.25, 0.3) is 0 Å². The number of para-hydroxylation sites is 1. The Morgan fingerprint density at radius 1 is 1.04 bits per heavy atom. The summed E-state index contributed by atoms with van der Waals surface area (Å²) in [6.07, 6.45) is 1.65. The molecular weight excluding hydrogens is 316 g/mol. The van der Waals surface area contributed by atoms with E-state index in [2.05, 4.69) is 10.2 Å².